The molecule has 160 valence electrons. The highest BCUT2D eigenvalue weighted by molar-refractivity contribution is 7.89. The first kappa shape index (κ1) is 21.8. The van der Waals surface area contributed by atoms with E-state index in [1.165, 1.54) is 30.7 Å². The standard InChI is InChI=1S/C21H24N2O6S/c1-15-14-22(17-10-8-16(9-11-17)20(24)28-2)12-13-23(15)30(26,27)19-7-5-4-6-18(19)21(25)29-3/h4-11,15H,12-14H2,1-3H3. The summed E-state index contributed by atoms with van der Waals surface area (Å²) in [5.41, 5.74) is 1.37. The molecule has 0 bridgehead atoms. The number of ether oxygens (including phenoxy) is 2. The van der Waals surface area contributed by atoms with E-state index >= 15 is 0 Å². The van der Waals surface area contributed by atoms with Gasteiger partial charge in [-0.3, -0.25) is 0 Å². The maximum atomic E-state index is 13.3. The number of benzene rings is 2. The summed E-state index contributed by atoms with van der Waals surface area (Å²) in [5, 5.41) is 0. The summed E-state index contributed by atoms with van der Waals surface area (Å²) in [5.74, 6) is -1.10. The first-order valence-electron chi connectivity index (χ1n) is 9.42. The third-order valence-corrected chi connectivity index (χ3v) is 7.17. The van der Waals surface area contributed by atoms with Gasteiger partial charge < -0.3 is 14.4 Å². The van der Waals surface area contributed by atoms with Crippen LogP contribution in [0.3, 0.4) is 0 Å². The lowest BCUT2D eigenvalue weighted by atomic mass is 10.1. The van der Waals surface area contributed by atoms with E-state index in [2.05, 4.69) is 4.90 Å². The van der Waals surface area contributed by atoms with Crippen LogP contribution in [0.1, 0.15) is 27.6 Å². The highest BCUT2D eigenvalue weighted by Gasteiger charge is 2.36. The number of carbonyl (C=O) groups is 2. The summed E-state index contributed by atoms with van der Waals surface area (Å²) >= 11 is 0. The minimum Gasteiger partial charge on any atom is -0.465 e. The molecule has 1 atom stereocenters. The fourth-order valence-corrected chi connectivity index (χ4v) is 5.35. The summed E-state index contributed by atoms with van der Waals surface area (Å²) < 4.78 is 37.4. The average molecular weight is 432 g/mol. The molecule has 1 aliphatic heterocycles. The third-order valence-electron chi connectivity index (χ3n) is 5.10. The minimum absolute atomic E-state index is 0.0213. The second kappa shape index (κ2) is 8.85. The molecule has 0 aliphatic carbocycles. The number of esters is 2. The maximum Gasteiger partial charge on any atom is 0.339 e. The van der Waals surface area contributed by atoms with Crippen molar-refractivity contribution in [1.82, 2.24) is 4.31 Å². The average Bonchev–Trinajstić information content (AvgIpc) is 2.77. The summed E-state index contributed by atoms with van der Waals surface area (Å²) in [6.07, 6.45) is 0. The predicted octanol–water partition coefficient (Wildman–Crippen LogP) is 2.16. The van der Waals surface area contributed by atoms with E-state index in [0.29, 0.717) is 18.7 Å². The Labute approximate surface area is 176 Å². The zero-order valence-electron chi connectivity index (χ0n) is 17.1. The number of sulfonamides is 1. The van der Waals surface area contributed by atoms with Crippen molar-refractivity contribution in [1.29, 1.82) is 0 Å². The SMILES string of the molecule is COC(=O)c1ccc(N2CCN(S(=O)(=O)c3ccccc3C(=O)OC)C(C)C2)cc1. The van der Waals surface area contributed by atoms with Crippen molar-refractivity contribution in [2.75, 3.05) is 38.8 Å². The largest absolute Gasteiger partial charge is 0.465 e. The van der Waals surface area contributed by atoms with Crippen LogP contribution in [0.5, 0.6) is 0 Å². The van der Waals surface area contributed by atoms with Crippen molar-refractivity contribution in [3.05, 3.63) is 59.7 Å². The molecule has 0 N–H and O–H groups in total. The van der Waals surface area contributed by atoms with E-state index in [1.807, 2.05) is 19.1 Å². The van der Waals surface area contributed by atoms with Gasteiger partial charge in [0.05, 0.1) is 30.2 Å². The first-order valence-corrected chi connectivity index (χ1v) is 10.9. The molecular formula is C21H24N2O6S. The minimum atomic E-state index is -3.88. The Bertz CT molecular complexity index is 1040. The molecule has 1 aliphatic rings. The number of piperazine rings is 1. The molecule has 0 aromatic heterocycles. The normalized spacial score (nSPS) is 17.4. The van der Waals surface area contributed by atoms with Gasteiger partial charge >= 0.3 is 11.9 Å². The third kappa shape index (κ3) is 4.17. The quantitative estimate of drug-likeness (QED) is 0.669. The van der Waals surface area contributed by atoms with Crippen LogP contribution in [0.2, 0.25) is 0 Å². The van der Waals surface area contributed by atoms with Gasteiger partial charge in [0.1, 0.15) is 0 Å². The van der Waals surface area contributed by atoms with E-state index in [1.54, 1.807) is 24.3 Å². The van der Waals surface area contributed by atoms with Crippen LogP contribution in [0.25, 0.3) is 0 Å². The number of nitrogens with zero attached hydrogens (tertiary/aromatic N) is 2. The Hall–Kier alpha value is -2.91. The van der Waals surface area contributed by atoms with Crippen molar-refractivity contribution in [2.24, 2.45) is 0 Å². The lowest BCUT2D eigenvalue weighted by molar-refractivity contribution is 0.0589. The van der Waals surface area contributed by atoms with Gasteiger partial charge in [-0.2, -0.15) is 4.31 Å². The summed E-state index contributed by atoms with van der Waals surface area (Å²) in [4.78, 5) is 25.6. The van der Waals surface area contributed by atoms with Gasteiger partial charge in [0.2, 0.25) is 10.0 Å². The molecule has 1 unspecified atom stereocenters. The maximum absolute atomic E-state index is 13.3. The van der Waals surface area contributed by atoms with E-state index in [-0.39, 0.29) is 23.0 Å². The molecule has 1 heterocycles. The van der Waals surface area contributed by atoms with Gasteiger partial charge in [0.25, 0.3) is 0 Å². The Morgan fingerprint density at radius 1 is 0.933 bits per heavy atom. The monoisotopic (exact) mass is 432 g/mol. The number of anilines is 1. The van der Waals surface area contributed by atoms with Crippen molar-refractivity contribution in [3.63, 3.8) is 0 Å². The molecule has 2 aromatic rings. The zero-order chi connectivity index (χ0) is 21.9. The Balaban J connectivity index is 1.80. The van der Waals surface area contributed by atoms with Gasteiger partial charge in [-0.15, -0.1) is 0 Å². The van der Waals surface area contributed by atoms with Gasteiger partial charge in [0, 0.05) is 31.4 Å². The topological polar surface area (TPSA) is 93.2 Å². The van der Waals surface area contributed by atoms with Crippen LogP contribution >= 0.6 is 0 Å². The van der Waals surface area contributed by atoms with Crippen LogP contribution in [0, 0.1) is 0 Å². The molecule has 0 saturated carbocycles. The van der Waals surface area contributed by atoms with Gasteiger partial charge in [-0.05, 0) is 43.3 Å². The number of hydrogen-bond donors (Lipinski definition) is 0. The van der Waals surface area contributed by atoms with Gasteiger partial charge in [-0.25, -0.2) is 18.0 Å². The van der Waals surface area contributed by atoms with E-state index < -0.39 is 22.0 Å². The second-order valence-electron chi connectivity index (χ2n) is 6.94. The lowest BCUT2D eigenvalue weighted by Gasteiger charge is -2.40. The number of methoxy groups -OCH3 is 2. The molecule has 1 fully saturated rings. The lowest BCUT2D eigenvalue weighted by Crippen LogP contribution is -2.54. The Morgan fingerprint density at radius 2 is 1.57 bits per heavy atom. The fraction of sp³-hybridized carbons (Fsp3) is 0.333. The summed E-state index contributed by atoms with van der Waals surface area (Å²) in [7, 11) is -1.33. The molecular weight excluding hydrogens is 408 g/mol. The smallest absolute Gasteiger partial charge is 0.339 e. The van der Waals surface area contributed by atoms with Gasteiger partial charge in [-0.1, -0.05) is 12.1 Å². The van der Waals surface area contributed by atoms with Crippen LogP contribution in [-0.2, 0) is 19.5 Å². The van der Waals surface area contributed by atoms with Crippen LogP contribution < -0.4 is 4.90 Å². The van der Waals surface area contributed by atoms with Crippen LogP contribution in [-0.4, -0.2) is 64.6 Å². The van der Waals surface area contributed by atoms with Crippen LogP contribution in [0.4, 0.5) is 5.69 Å². The molecule has 30 heavy (non-hydrogen) atoms. The fourth-order valence-electron chi connectivity index (χ4n) is 3.56. The molecule has 0 amide bonds. The van der Waals surface area contributed by atoms with Crippen molar-refractivity contribution < 1.29 is 27.5 Å². The Kier molecular flexibility index (Phi) is 6.42. The predicted molar refractivity (Wildman–Crippen MR) is 111 cm³/mol. The van der Waals surface area contributed by atoms with Crippen molar-refractivity contribution in [3.8, 4) is 0 Å². The van der Waals surface area contributed by atoms with E-state index in [0.717, 1.165) is 5.69 Å². The van der Waals surface area contributed by atoms with Crippen molar-refractivity contribution >= 4 is 27.6 Å². The highest BCUT2D eigenvalue weighted by atomic mass is 32.2. The van der Waals surface area contributed by atoms with Crippen molar-refractivity contribution in [2.45, 2.75) is 17.9 Å². The molecule has 1 saturated heterocycles. The molecule has 8 nitrogen and oxygen atoms in total. The molecule has 2 aromatic carbocycles. The first-order chi connectivity index (χ1) is 14.3. The van der Waals surface area contributed by atoms with E-state index in [9.17, 15) is 18.0 Å². The van der Waals surface area contributed by atoms with Crippen LogP contribution in [0.15, 0.2) is 53.4 Å². The van der Waals surface area contributed by atoms with Gasteiger partial charge in [0.15, 0.2) is 0 Å². The second-order valence-corrected chi connectivity index (χ2v) is 8.80. The summed E-state index contributed by atoms with van der Waals surface area (Å²) in [6, 6.07) is 12.7. The summed E-state index contributed by atoms with van der Waals surface area (Å²) in [6.45, 7) is 3.03. The number of hydrogen-bond acceptors (Lipinski definition) is 7. The molecule has 9 heteroatoms. The molecule has 0 radical (unpaired) electrons. The zero-order valence-corrected chi connectivity index (χ0v) is 17.9. The van der Waals surface area contributed by atoms with E-state index in [4.69, 9.17) is 9.47 Å². The molecule has 3 rings (SSSR count). The molecule has 0 spiro atoms. The highest BCUT2D eigenvalue weighted by Crippen LogP contribution is 2.27. The Morgan fingerprint density at radius 3 is 2.17 bits per heavy atom. The number of carbonyl (C=O) groups excluding carboxylic acids is 2. The number of rotatable bonds is 5.